The monoisotopic (exact) mass is 258 g/mol. The number of carbonyl (C=O) groups is 1. The minimum atomic E-state index is -0.897. The highest BCUT2D eigenvalue weighted by atomic mass is 16.5. The van der Waals surface area contributed by atoms with Gasteiger partial charge >= 0.3 is 5.97 Å². The van der Waals surface area contributed by atoms with Crippen molar-refractivity contribution < 1.29 is 19.7 Å². The molecule has 1 aliphatic rings. The van der Waals surface area contributed by atoms with Crippen LogP contribution in [0.3, 0.4) is 0 Å². The summed E-state index contributed by atoms with van der Waals surface area (Å²) in [5.74, 6) is -0.0907. The highest BCUT2D eigenvalue weighted by Gasteiger charge is 2.48. The molecule has 1 rings (SSSR count). The van der Waals surface area contributed by atoms with Crippen molar-refractivity contribution in [3.8, 4) is 0 Å². The van der Waals surface area contributed by atoms with Gasteiger partial charge in [0.05, 0.1) is 13.2 Å². The van der Waals surface area contributed by atoms with Gasteiger partial charge in [0.2, 0.25) is 0 Å². The summed E-state index contributed by atoms with van der Waals surface area (Å²) in [5, 5.41) is 18.3. The molecule has 1 aliphatic carbocycles. The van der Waals surface area contributed by atoms with Crippen molar-refractivity contribution in [2.75, 3.05) is 13.2 Å². The number of aliphatic hydroxyl groups is 1. The van der Waals surface area contributed by atoms with Crippen LogP contribution in [0.15, 0.2) is 0 Å². The Labute approximate surface area is 109 Å². The molecule has 4 heteroatoms. The fourth-order valence-corrected chi connectivity index (χ4v) is 3.35. The lowest BCUT2D eigenvalue weighted by molar-refractivity contribution is -0.170. The molecule has 1 saturated carbocycles. The minimum Gasteiger partial charge on any atom is -0.479 e. The van der Waals surface area contributed by atoms with Crippen molar-refractivity contribution in [2.45, 2.75) is 52.6 Å². The number of hydrogen-bond donors (Lipinski definition) is 2. The van der Waals surface area contributed by atoms with Gasteiger partial charge in [-0.15, -0.1) is 0 Å². The van der Waals surface area contributed by atoms with Crippen LogP contribution in [-0.2, 0) is 9.53 Å². The Morgan fingerprint density at radius 2 is 2.17 bits per heavy atom. The Hall–Kier alpha value is -0.610. The molecule has 0 radical (unpaired) electrons. The topological polar surface area (TPSA) is 66.8 Å². The van der Waals surface area contributed by atoms with Crippen LogP contribution in [0.5, 0.6) is 0 Å². The van der Waals surface area contributed by atoms with Crippen LogP contribution in [0.25, 0.3) is 0 Å². The fraction of sp³-hybridized carbons (Fsp3) is 0.929. The third-order valence-corrected chi connectivity index (χ3v) is 4.34. The first-order valence-electron chi connectivity index (χ1n) is 6.89. The van der Waals surface area contributed by atoms with Gasteiger partial charge in [-0.1, -0.05) is 33.6 Å². The van der Waals surface area contributed by atoms with Crippen LogP contribution in [0, 0.1) is 17.3 Å². The highest BCUT2D eigenvalue weighted by molar-refractivity contribution is 5.73. The van der Waals surface area contributed by atoms with E-state index in [2.05, 4.69) is 20.8 Å². The van der Waals surface area contributed by atoms with Crippen molar-refractivity contribution in [3.05, 3.63) is 0 Å². The van der Waals surface area contributed by atoms with E-state index >= 15 is 0 Å². The fourth-order valence-electron chi connectivity index (χ4n) is 3.35. The van der Waals surface area contributed by atoms with E-state index in [0.717, 1.165) is 19.3 Å². The molecule has 0 heterocycles. The zero-order valence-corrected chi connectivity index (χ0v) is 11.7. The summed E-state index contributed by atoms with van der Waals surface area (Å²) in [7, 11) is 0. The van der Waals surface area contributed by atoms with E-state index in [-0.39, 0.29) is 24.5 Å². The zero-order valence-electron chi connectivity index (χ0n) is 11.7. The standard InChI is InChI=1S/C14H26O4/c1-10(2)14(6-4-5-11(3)9-14)12(13(16)17)18-8-7-15/h10-12,15H,4-9H2,1-3H3,(H,16,17)/t11-,12-,14?/m1/s1. The van der Waals surface area contributed by atoms with Gasteiger partial charge in [-0.2, -0.15) is 0 Å². The molecular formula is C14H26O4. The average Bonchev–Trinajstić information content (AvgIpc) is 2.28. The predicted molar refractivity (Wildman–Crippen MR) is 69.4 cm³/mol. The number of aliphatic hydroxyl groups excluding tert-OH is 1. The molecule has 0 saturated heterocycles. The molecule has 1 fully saturated rings. The van der Waals surface area contributed by atoms with Gasteiger partial charge in [-0.05, 0) is 24.7 Å². The molecule has 18 heavy (non-hydrogen) atoms. The van der Waals surface area contributed by atoms with Crippen molar-refractivity contribution in [1.29, 1.82) is 0 Å². The zero-order chi connectivity index (χ0) is 13.8. The van der Waals surface area contributed by atoms with Crippen LogP contribution in [0.4, 0.5) is 0 Å². The van der Waals surface area contributed by atoms with Gasteiger partial charge in [-0.25, -0.2) is 4.79 Å². The van der Waals surface area contributed by atoms with Crippen LogP contribution in [0.1, 0.15) is 46.5 Å². The van der Waals surface area contributed by atoms with E-state index in [1.807, 2.05) is 0 Å². The molecule has 0 bridgehead atoms. The van der Waals surface area contributed by atoms with Gasteiger partial charge in [0.25, 0.3) is 0 Å². The molecular weight excluding hydrogens is 232 g/mol. The average molecular weight is 258 g/mol. The van der Waals surface area contributed by atoms with Crippen LogP contribution >= 0.6 is 0 Å². The van der Waals surface area contributed by atoms with Crippen LogP contribution in [0.2, 0.25) is 0 Å². The maximum Gasteiger partial charge on any atom is 0.333 e. The number of carboxylic acid groups (broad SMARTS) is 1. The molecule has 0 aliphatic heterocycles. The first-order valence-corrected chi connectivity index (χ1v) is 6.89. The molecule has 106 valence electrons. The molecule has 0 aromatic carbocycles. The second kappa shape index (κ2) is 6.53. The number of hydrogen-bond acceptors (Lipinski definition) is 3. The highest BCUT2D eigenvalue weighted by Crippen LogP contribution is 2.48. The summed E-state index contributed by atoms with van der Waals surface area (Å²) in [6.45, 7) is 6.31. The van der Waals surface area contributed by atoms with E-state index in [4.69, 9.17) is 9.84 Å². The smallest absolute Gasteiger partial charge is 0.333 e. The summed E-state index contributed by atoms with van der Waals surface area (Å²) in [6, 6.07) is 0. The van der Waals surface area contributed by atoms with Gasteiger partial charge in [0.15, 0.2) is 6.10 Å². The first kappa shape index (κ1) is 15.4. The largest absolute Gasteiger partial charge is 0.479 e. The summed E-state index contributed by atoms with van der Waals surface area (Å²) in [6.07, 6.45) is 3.23. The number of rotatable bonds is 6. The van der Waals surface area contributed by atoms with Crippen molar-refractivity contribution in [3.63, 3.8) is 0 Å². The van der Waals surface area contributed by atoms with E-state index in [1.165, 1.54) is 6.42 Å². The number of ether oxygens (including phenoxy) is 1. The second-order valence-electron chi connectivity index (χ2n) is 5.90. The summed E-state index contributed by atoms with van der Waals surface area (Å²) >= 11 is 0. The predicted octanol–water partition coefficient (Wildman–Crippen LogP) is 2.30. The van der Waals surface area contributed by atoms with Gasteiger partial charge in [0, 0.05) is 5.41 Å². The third-order valence-electron chi connectivity index (χ3n) is 4.34. The van der Waals surface area contributed by atoms with Gasteiger partial charge < -0.3 is 14.9 Å². The van der Waals surface area contributed by atoms with Gasteiger partial charge in [0.1, 0.15) is 0 Å². The first-order chi connectivity index (χ1) is 8.44. The van der Waals surface area contributed by atoms with Crippen molar-refractivity contribution >= 4 is 5.97 Å². The van der Waals surface area contributed by atoms with Crippen molar-refractivity contribution in [2.24, 2.45) is 17.3 Å². The summed E-state index contributed by atoms with van der Waals surface area (Å²) in [5.41, 5.74) is -0.293. The molecule has 0 aromatic heterocycles. The molecule has 0 aromatic rings. The number of carboxylic acids is 1. The molecule has 1 unspecified atom stereocenters. The summed E-state index contributed by atoms with van der Waals surface area (Å²) < 4.78 is 5.46. The molecule has 3 atom stereocenters. The van der Waals surface area contributed by atoms with E-state index in [0.29, 0.717) is 5.92 Å². The van der Waals surface area contributed by atoms with E-state index in [1.54, 1.807) is 0 Å². The lowest BCUT2D eigenvalue weighted by Crippen LogP contribution is -2.49. The maximum atomic E-state index is 11.5. The van der Waals surface area contributed by atoms with Crippen molar-refractivity contribution in [1.82, 2.24) is 0 Å². The normalized spacial score (nSPS) is 30.4. The third kappa shape index (κ3) is 3.23. The maximum absolute atomic E-state index is 11.5. The minimum absolute atomic E-state index is 0.0970. The second-order valence-corrected chi connectivity index (χ2v) is 5.90. The molecule has 2 N–H and O–H groups in total. The quantitative estimate of drug-likeness (QED) is 0.767. The molecule has 4 nitrogen and oxygen atoms in total. The Morgan fingerprint density at radius 1 is 1.50 bits per heavy atom. The Bertz CT molecular complexity index is 277. The molecule has 0 amide bonds. The summed E-state index contributed by atoms with van der Waals surface area (Å²) in [4.78, 5) is 11.5. The Balaban J connectivity index is 2.95. The molecule has 0 spiro atoms. The van der Waals surface area contributed by atoms with Crippen LogP contribution in [-0.4, -0.2) is 35.5 Å². The lowest BCUT2D eigenvalue weighted by Gasteiger charge is -2.46. The lowest BCUT2D eigenvalue weighted by atomic mass is 9.61. The Morgan fingerprint density at radius 3 is 2.61 bits per heavy atom. The van der Waals surface area contributed by atoms with E-state index in [9.17, 15) is 9.90 Å². The van der Waals surface area contributed by atoms with Crippen LogP contribution < -0.4 is 0 Å². The Kier molecular flexibility index (Phi) is 5.60. The number of aliphatic carboxylic acids is 1. The van der Waals surface area contributed by atoms with E-state index < -0.39 is 12.1 Å². The SMILES string of the molecule is CC(C)C1([C@H](OCCO)C(=O)O)CCC[C@@H](C)C1. The van der Waals surface area contributed by atoms with Gasteiger partial charge in [-0.3, -0.25) is 0 Å².